The van der Waals surface area contributed by atoms with E-state index < -0.39 is 5.60 Å². The number of carbonyl (C=O) groups is 1. The number of ether oxygens (including phenoxy) is 2. The van der Waals surface area contributed by atoms with Crippen molar-refractivity contribution >= 4 is 6.09 Å². The maximum Gasteiger partial charge on any atom is 0.407 e. The van der Waals surface area contributed by atoms with Crippen molar-refractivity contribution in [1.82, 2.24) is 10.6 Å². The van der Waals surface area contributed by atoms with E-state index >= 15 is 0 Å². The molecule has 1 heterocycles. The molecule has 0 aromatic carbocycles. The second kappa shape index (κ2) is 5.23. The van der Waals surface area contributed by atoms with Crippen LogP contribution in [0.5, 0.6) is 0 Å². The van der Waals surface area contributed by atoms with Crippen molar-refractivity contribution < 1.29 is 14.3 Å². The fraction of sp³-hybridized carbons (Fsp3) is 0.917. The van der Waals surface area contributed by atoms with Gasteiger partial charge in [0.25, 0.3) is 0 Å². The molecule has 0 aromatic rings. The fourth-order valence-corrected chi connectivity index (χ4v) is 1.48. The molecule has 2 N–H and O–H groups in total. The summed E-state index contributed by atoms with van der Waals surface area (Å²) in [6.07, 6.45) is -0.385. The lowest BCUT2D eigenvalue weighted by Crippen LogP contribution is -2.55. The summed E-state index contributed by atoms with van der Waals surface area (Å²) in [5, 5.41) is 6.06. The van der Waals surface area contributed by atoms with Gasteiger partial charge in [0.15, 0.2) is 0 Å². The molecule has 0 saturated carbocycles. The van der Waals surface area contributed by atoms with Crippen LogP contribution in [0.1, 0.15) is 34.6 Å². The first-order chi connectivity index (χ1) is 7.68. The molecule has 1 amide bonds. The molecule has 1 fully saturated rings. The maximum absolute atomic E-state index is 11.4. The molecule has 1 unspecified atom stereocenters. The van der Waals surface area contributed by atoms with Crippen LogP contribution in [0.3, 0.4) is 0 Å². The van der Waals surface area contributed by atoms with E-state index in [9.17, 15) is 4.79 Å². The molecule has 1 rings (SSSR count). The van der Waals surface area contributed by atoms with Gasteiger partial charge in [-0.1, -0.05) is 0 Å². The Hall–Kier alpha value is -0.810. The zero-order valence-corrected chi connectivity index (χ0v) is 11.4. The van der Waals surface area contributed by atoms with Crippen LogP contribution >= 0.6 is 0 Å². The van der Waals surface area contributed by atoms with E-state index in [4.69, 9.17) is 9.47 Å². The van der Waals surface area contributed by atoms with Crippen molar-refractivity contribution in [3.63, 3.8) is 0 Å². The van der Waals surface area contributed by atoms with Gasteiger partial charge in [-0.15, -0.1) is 0 Å². The summed E-state index contributed by atoms with van der Waals surface area (Å²) in [5.74, 6) is 0. The average molecular weight is 244 g/mol. The smallest absolute Gasteiger partial charge is 0.407 e. The van der Waals surface area contributed by atoms with Gasteiger partial charge in [0.05, 0.1) is 12.2 Å². The topological polar surface area (TPSA) is 59.6 Å². The predicted octanol–water partition coefficient (Wildman–Crippen LogP) is 1.28. The first-order valence-electron chi connectivity index (χ1n) is 6.02. The van der Waals surface area contributed by atoms with Gasteiger partial charge in [0.2, 0.25) is 0 Å². The van der Waals surface area contributed by atoms with Gasteiger partial charge in [-0.2, -0.15) is 0 Å². The highest BCUT2D eigenvalue weighted by Gasteiger charge is 2.27. The third kappa shape index (κ3) is 5.89. The molecular weight excluding hydrogens is 220 g/mol. The highest BCUT2D eigenvalue weighted by molar-refractivity contribution is 5.67. The molecule has 5 heteroatoms. The molecule has 0 bridgehead atoms. The first-order valence-corrected chi connectivity index (χ1v) is 6.02. The lowest BCUT2D eigenvalue weighted by atomic mass is 10.1. The monoisotopic (exact) mass is 244 g/mol. The highest BCUT2D eigenvalue weighted by Crippen LogP contribution is 2.12. The van der Waals surface area contributed by atoms with Crippen LogP contribution < -0.4 is 10.6 Å². The van der Waals surface area contributed by atoms with Gasteiger partial charge in [-0.25, -0.2) is 4.79 Å². The minimum absolute atomic E-state index is 0.123. The molecule has 1 saturated heterocycles. The molecule has 100 valence electrons. The van der Waals surface area contributed by atoms with Crippen molar-refractivity contribution in [2.75, 3.05) is 19.7 Å². The molecule has 1 aliphatic heterocycles. The van der Waals surface area contributed by atoms with Crippen LogP contribution in [0.4, 0.5) is 4.79 Å². The van der Waals surface area contributed by atoms with Gasteiger partial charge in [-0.3, -0.25) is 0 Å². The Morgan fingerprint density at radius 1 is 1.53 bits per heavy atom. The van der Waals surface area contributed by atoms with Crippen LogP contribution in [0.15, 0.2) is 0 Å². The van der Waals surface area contributed by atoms with Gasteiger partial charge in [-0.05, 0) is 34.6 Å². The number of nitrogens with one attached hydrogen (secondary N) is 2. The zero-order chi connectivity index (χ0) is 13.1. The van der Waals surface area contributed by atoms with Crippen LogP contribution in [-0.4, -0.2) is 43.0 Å². The molecule has 0 aromatic heterocycles. The van der Waals surface area contributed by atoms with Gasteiger partial charge >= 0.3 is 6.09 Å². The van der Waals surface area contributed by atoms with Crippen molar-refractivity contribution in [1.29, 1.82) is 0 Å². The molecule has 1 aliphatic rings. The number of rotatable bonds is 2. The van der Waals surface area contributed by atoms with E-state index in [1.54, 1.807) is 0 Å². The van der Waals surface area contributed by atoms with Gasteiger partial charge < -0.3 is 20.1 Å². The summed E-state index contributed by atoms with van der Waals surface area (Å²) < 4.78 is 10.8. The Morgan fingerprint density at radius 3 is 2.65 bits per heavy atom. The first kappa shape index (κ1) is 14.3. The zero-order valence-electron chi connectivity index (χ0n) is 11.4. The number of alkyl carbamates (subject to hydrolysis) is 1. The third-order valence-electron chi connectivity index (χ3n) is 2.38. The molecule has 1 atom stereocenters. The Labute approximate surface area is 103 Å². The standard InChI is InChI=1S/C12H24N2O3/c1-11(2,3)17-10(15)13-6-9-7-16-12(4,5)8-14-9/h9,14H,6-8H2,1-5H3,(H,13,15). The molecule has 0 aliphatic carbocycles. The van der Waals surface area contributed by atoms with Crippen molar-refractivity contribution in [2.24, 2.45) is 0 Å². The summed E-state index contributed by atoms with van der Waals surface area (Å²) in [4.78, 5) is 11.4. The van der Waals surface area contributed by atoms with E-state index in [-0.39, 0.29) is 17.7 Å². The van der Waals surface area contributed by atoms with Crippen LogP contribution in [0.2, 0.25) is 0 Å². The van der Waals surface area contributed by atoms with E-state index in [1.807, 2.05) is 34.6 Å². The summed E-state index contributed by atoms with van der Waals surface area (Å²) in [5.41, 5.74) is -0.578. The number of hydrogen-bond acceptors (Lipinski definition) is 4. The molecule has 17 heavy (non-hydrogen) atoms. The minimum Gasteiger partial charge on any atom is -0.444 e. The average Bonchev–Trinajstić information content (AvgIpc) is 2.13. The Bertz CT molecular complexity index is 261. The summed E-state index contributed by atoms with van der Waals surface area (Å²) in [7, 11) is 0. The number of morpholine rings is 1. The lowest BCUT2D eigenvalue weighted by Gasteiger charge is -2.35. The molecular formula is C12H24N2O3. The number of hydrogen-bond donors (Lipinski definition) is 2. The van der Waals surface area contributed by atoms with Crippen LogP contribution in [0, 0.1) is 0 Å². The summed E-state index contributed by atoms with van der Waals surface area (Å²) in [6.45, 7) is 11.5. The third-order valence-corrected chi connectivity index (χ3v) is 2.38. The second-order valence-electron chi connectivity index (χ2n) is 6.03. The van der Waals surface area contributed by atoms with E-state index in [0.717, 1.165) is 6.54 Å². The van der Waals surface area contributed by atoms with E-state index in [2.05, 4.69) is 10.6 Å². The quantitative estimate of drug-likeness (QED) is 0.768. The van der Waals surface area contributed by atoms with Crippen LogP contribution in [-0.2, 0) is 9.47 Å². The summed E-state index contributed by atoms with van der Waals surface area (Å²) in [6, 6.07) is 0.149. The van der Waals surface area contributed by atoms with Crippen LogP contribution in [0.25, 0.3) is 0 Å². The number of carbonyl (C=O) groups excluding carboxylic acids is 1. The van der Waals surface area contributed by atoms with Crippen molar-refractivity contribution in [3.8, 4) is 0 Å². The lowest BCUT2D eigenvalue weighted by molar-refractivity contribution is -0.0575. The SMILES string of the molecule is CC(C)(C)OC(=O)NCC1COC(C)(C)CN1. The molecule has 0 radical (unpaired) electrons. The van der Waals surface area contributed by atoms with E-state index in [1.165, 1.54) is 0 Å². The summed E-state index contributed by atoms with van der Waals surface area (Å²) >= 11 is 0. The minimum atomic E-state index is -0.456. The Kier molecular flexibility index (Phi) is 4.38. The van der Waals surface area contributed by atoms with E-state index in [0.29, 0.717) is 13.2 Å². The van der Waals surface area contributed by atoms with Crippen molar-refractivity contribution in [3.05, 3.63) is 0 Å². The van der Waals surface area contributed by atoms with Gasteiger partial charge in [0, 0.05) is 19.1 Å². The second-order valence-corrected chi connectivity index (χ2v) is 6.03. The molecule has 5 nitrogen and oxygen atoms in total. The molecule has 0 spiro atoms. The predicted molar refractivity (Wildman–Crippen MR) is 66.1 cm³/mol. The van der Waals surface area contributed by atoms with Gasteiger partial charge in [0.1, 0.15) is 5.60 Å². The largest absolute Gasteiger partial charge is 0.444 e. The normalized spacial score (nSPS) is 24.2. The fourth-order valence-electron chi connectivity index (χ4n) is 1.48. The maximum atomic E-state index is 11.4. The Balaban J connectivity index is 2.22. The Morgan fingerprint density at radius 2 is 2.18 bits per heavy atom. The highest BCUT2D eigenvalue weighted by atomic mass is 16.6. The number of amides is 1. The van der Waals surface area contributed by atoms with Crippen molar-refractivity contribution in [2.45, 2.75) is 51.9 Å².